The number of anilines is 1. The van der Waals surface area contributed by atoms with E-state index in [0.717, 1.165) is 22.8 Å². The van der Waals surface area contributed by atoms with Crippen molar-refractivity contribution in [2.75, 3.05) is 11.5 Å². The quantitative estimate of drug-likeness (QED) is 0.305. The molecule has 7 nitrogen and oxygen atoms in total. The SMILES string of the molecule is CCCOc1cccc(C2c3c(oc4c(ccc5ccccc54)c3=O)C(=O)N2c2cc(C)on2)c1. The van der Waals surface area contributed by atoms with E-state index in [1.165, 1.54) is 4.90 Å². The number of aromatic nitrogens is 1. The van der Waals surface area contributed by atoms with E-state index >= 15 is 0 Å². The third-order valence-corrected chi connectivity index (χ3v) is 6.27. The number of fused-ring (bicyclic) bond motifs is 4. The molecule has 7 heteroatoms. The maximum absolute atomic E-state index is 13.9. The second-order valence-corrected chi connectivity index (χ2v) is 8.63. The second kappa shape index (κ2) is 8.13. The highest BCUT2D eigenvalue weighted by Gasteiger charge is 2.45. The Morgan fingerprint density at radius 2 is 1.86 bits per heavy atom. The van der Waals surface area contributed by atoms with Crippen LogP contribution in [0.5, 0.6) is 5.75 Å². The topological polar surface area (TPSA) is 85.8 Å². The maximum atomic E-state index is 13.9. The van der Waals surface area contributed by atoms with Crippen molar-refractivity contribution >= 4 is 33.5 Å². The predicted octanol–water partition coefficient (Wildman–Crippen LogP) is 5.78. The molecule has 0 bridgehead atoms. The summed E-state index contributed by atoms with van der Waals surface area (Å²) in [5.41, 5.74) is 1.16. The molecule has 3 aromatic carbocycles. The molecule has 5 aromatic rings. The summed E-state index contributed by atoms with van der Waals surface area (Å²) in [7, 11) is 0. The number of carbonyl (C=O) groups is 1. The van der Waals surface area contributed by atoms with Gasteiger partial charge in [0.05, 0.1) is 23.6 Å². The zero-order valence-corrected chi connectivity index (χ0v) is 19.3. The minimum absolute atomic E-state index is 0.0179. The first kappa shape index (κ1) is 21.2. The fourth-order valence-electron chi connectivity index (χ4n) is 4.71. The average molecular weight is 466 g/mol. The van der Waals surface area contributed by atoms with Crippen molar-refractivity contribution in [3.63, 3.8) is 0 Å². The lowest BCUT2D eigenvalue weighted by molar-refractivity contribution is 0.0969. The molecule has 3 heterocycles. The van der Waals surface area contributed by atoms with Gasteiger partial charge in [0.2, 0.25) is 5.76 Å². The summed E-state index contributed by atoms with van der Waals surface area (Å²) >= 11 is 0. The smallest absolute Gasteiger partial charge is 0.296 e. The molecule has 6 rings (SSSR count). The number of amides is 1. The summed E-state index contributed by atoms with van der Waals surface area (Å²) in [5.74, 6) is 1.11. The molecule has 1 unspecified atom stereocenters. The van der Waals surface area contributed by atoms with Gasteiger partial charge in [-0.05, 0) is 42.5 Å². The molecule has 0 saturated carbocycles. The van der Waals surface area contributed by atoms with Crippen molar-refractivity contribution < 1.29 is 18.5 Å². The lowest BCUT2D eigenvalue weighted by atomic mass is 9.97. The molecule has 0 radical (unpaired) electrons. The van der Waals surface area contributed by atoms with Crippen LogP contribution in [-0.4, -0.2) is 17.7 Å². The summed E-state index contributed by atoms with van der Waals surface area (Å²) in [5, 5.41) is 6.21. The van der Waals surface area contributed by atoms with Gasteiger partial charge in [-0.1, -0.05) is 54.5 Å². The fraction of sp³-hybridized carbons (Fsp3) is 0.179. The third kappa shape index (κ3) is 3.31. The maximum Gasteiger partial charge on any atom is 0.296 e. The number of hydrogen-bond donors (Lipinski definition) is 0. The molecule has 2 aromatic heterocycles. The van der Waals surface area contributed by atoms with Crippen LogP contribution in [0.1, 0.15) is 46.8 Å². The summed E-state index contributed by atoms with van der Waals surface area (Å²) in [6.45, 7) is 4.35. The first-order chi connectivity index (χ1) is 17.1. The van der Waals surface area contributed by atoms with Crippen molar-refractivity contribution in [1.82, 2.24) is 5.16 Å². The van der Waals surface area contributed by atoms with E-state index < -0.39 is 11.9 Å². The Balaban J connectivity index is 1.62. The van der Waals surface area contributed by atoms with Gasteiger partial charge in [-0.15, -0.1) is 0 Å². The van der Waals surface area contributed by atoms with Crippen molar-refractivity contribution in [2.24, 2.45) is 0 Å². The number of aryl methyl sites for hydroxylation is 1. The first-order valence-electron chi connectivity index (χ1n) is 11.5. The zero-order chi connectivity index (χ0) is 24.1. The molecule has 0 fully saturated rings. The van der Waals surface area contributed by atoms with Crippen LogP contribution in [0.4, 0.5) is 5.82 Å². The van der Waals surface area contributed by atoms with E-state index in [0.29, 0.717) is 34.9 Å². The Bertz CT molecular complexity index is 1670. The van der Waals surface area contributed by atoms with Crippen LogP contribution in [0.2, 0.25) is 0 Å². The van der Waals surface area contributed by atoms with Crippen LogP contribution in [0, 0.1) is 6.92 Å². The molecule has 0 N–H and O–H groups in total. The fourth-order valence-corrected chi connectivity index (χ4v) is 4.71. The van der Waals surface area contributed by atoms with Crippen LogP contribution < -0.4 is 15.1 Å². The monoisotopic (exact) mass is 466 g/mol. The molecule has 1 atom stereocenters. The van der Waals surface area contributed by atoms with E-state index in [-0.39, 0.29) is 16.8 Å². The highest BCUT2D eigenvalue weighted by Crippen LogP contribution is 2.42. The van der Waals surface area contributed by atoms with Crippen LogP contribution in [0.15, 0.2) is 80.5 Å². The molecule has 0 spiro atoms. The van der Waals surface area contributed by atoms with Crippen LogP contribution in [0.25, 0.3) is 21.7 Å². The minimum atomic E-state index is -0.737. The Labute approximate surface area is 200 Å². The van der Waals surface area contributed by atoms with Crippen molar-refractivity contribution in [3.05, 3.63) is 99.6 Å². The van der Waals surface area contributed by atoms with Crippen molar-refractivity contribution in [3.8, 4) is 5.75 Å². The highest BCUT2D eigenvalue weighted by atomic mass is 16.5. The van der Waals surface area contributed by atoms with Gasteiger partial charge < -0.3 is 13.7 Å². The van der Waals surface area contributed by atoms with Gasteiger partial charge in [-0.3, -0.25) is 14.5 Å². The molecule has 174 valence electrons. The number of carbonyl (C=O) groups excluding carboxylic acids is 1. The lowest BCUT2D eigenvalue weighted by Crippen LogP contribution is -2.29. The van der Waals surface area contributed by atoms with Gasteiger partial charge in [0.15, 0.2) is 11.2 Å². The van der Waals surface area contributed by atoms with Gasteiger partial charge in [0.1, 0.15) is 17.1 Å². The summed E-state index contributed by atoms with van der Waals surface area (Å²) < 4.78 is 17.3. The second-order valence-electron chi connectivity index (χ2n) is 8.63. The van der Waals surface area contributed by atoms with Gasteiger partial charge in [0.25, 0.3) is 5.91 Å². The Morgan fingerprint density at radius 3 is 2.66 bits per heavy atom. The van der Waals surface area contributed by atoms with E-state index in [1.807, 2.05) is 61.5 Å². The number of benzene rings is 3. The Hall–Kier alpha value is -4.39. The van der Waals surface area contributed by atoms with E-state index in [2.05, 4.69) is 5.16 Å². The molecule has 1 aliphatic rings. The van der Waals surface area contributed by atoms with Gasteiger partial charge in [-0.2, -0.15) is 0 Å². The van der Waals surface area contributed by atoms with E-state index in [4.69, 9.17) is 13.7 Å². The number of ether oxygens (including phenoxy) is 1. The predicted molar refractivity (Wildman–Crippen MR) is 132 cm³/mol. The van der Waals surface area contributed by atoms with Gasteiger partial charge in [-0.25, -0.2) is 0 Å². The van der Waals surface area contributed by atoms with Crippen molar-refractivity contribution in [2.45, 2.75) is 26.3 Å². The first-order valence-corrected chi connectivity index (χ1v) is 11.5. The van der Waals surface area contributed by atoms with Crippen LogP contribution >= 0.6 is 0 Å². The average Bonchev–Trinajstić information content (AvgIpc) is 3.43. The largest absolute Gasteiger partial charge is 0.494 e. The normalized spacial score (nSPS) is 15.2. The number of nitrogens with zero attached hydrogens (tertiary/aromatic N) is 2. The van der Waals surface area contributed by atoms with E-state index in [1.54, 1.807) is 19.1 Å². The molecule has 1 aliphatic heterocycles. The van der Waals surface area contributed by atoms with E-state index in [9.17, 15) is 9.59 Å². The van der Waals surface area contributed by atoms with Gasteiger partial charge >= 0.3 is 0 Å². The zero-order valence-electron chi connectivity index (χ0n) is 19.3. The molecule has 1 amide bonds. The van der Waals surface area contributed by atoms with Gasteiger partial charge in [0, 0.05) is 11.5 Å². The summed E-state index contributed by atoms with van der Waals surface area (Å²) in [6.07, 6.45) is 0.864. The van der Waals surface area contributed by atoms with Crippen LogP contribution in [0.3, 0.4) is 0 Å². The standard InChI is InChI=1S/C28H22N2O5/c1-3-13-33-19-9-6-8-18(15-19)24-23-25(31)21-12-11-17-7-4-5-10-20(17)26(21)34-27(23)28(32)30(24)22-14-16(2)35-29-22/h4-12,14-15,24H,3,13H2,1-2H3. The Morgan fingerprint density at radius 1 is 1.00 bits per heavy atom. The molecular formula is C28H22N2O5. The summed E-state index contributed by atoms with van der Waals surface area (Å²) in [6, 6.07) is 19.7. The molecular weight excluding hydrogens is 444 g/mol. The lowest BCUT2D eigenvalue weighted by Gasteiger charge is -2.22. The third-order valence-electron chi connectivity index (χ3n) is 6.27. The number of hydrogen-bond acceptors (Lipinski definition) is 6. The Kier molecular flexibility index (Phi) is 4.91. The molecule has 0 aliphatic carbocycles. The number of rotatable bonds is 5. The minimum Gasteiger partial charge on any atom is -0.494 e. The molecule has 0 saturated heterocycles. The van der Waals surface area contributed by atoms with Crippen molar-refractivity contribution in [1.29, 1.82) is 0 Å². The molecule has 35 heavy (non-hydrogen) atoms. The van der Waals surface area contributed by atoms with Crippen LogP contribution in [-0.2, 0) is 0 Å². The summed E-state index contributed by atoms with van der Waals surface area (Å²) in [4.78, 5) is 29.1. The highest BCUT2D eigenvalue weighted by molar-refractivity contribution is 6.12.